The number of benzene rings is 1. The van der Waals surface area contributed by atoms with Gasteiger partial charge in [0, 0.05) is 51.2 Å². The first kappa shape index (κ1) is 23.9. The summed E-state index contributed by atoms with van der Waals surface area (Å²) in [6, 6.07) is 2.15. The fourth-order valence-corrected chi connectivity index (χ4v) is 4.27. The minimum Gasteiger partial charge on any atom is -0.338 e. The number of hydrogen-bond donors (Lipinski definition) is 1. The fraction of sp³-hybridized carbons (Fsp3) is 0.478. The molecule has 3 heterocycles. The first-order valence-electron chi connectivity index (χ1n) is 11.1. The zero-order valence-electron chi connectivity index (χ0n) is 18.3. The molecule has 1 atom stereocenters. The number of alkyl halides is 3. The van der Waals surface area contributed by atoms with E-state index in [1.807, 2.05) is 0 Å². The van der Waals surface area contributed by atoms with Crippen LogP contribution in [0.3, 0.4) is 0 Å². The predicted octanol–water partition coefficient (Wildman–Crippen LogP) is 3.57. The number of carbonyl (C=O) groups is 2. The van der Waals surface area contributed by atoms with Gasteiger partial charge in [0.25, 0.3) is 11.5 Å². The molecule has 184 valence electrons. The van der Waals surface area contributed by atoms with E-state index >= 15 is 0 Å². The third-order valence-corrected chi connectivity index (χ3v) is 6.22. The Labute approximate surface area is 194 Å². The molecule has 0 radical (unpaired) electrons. The van der Waals surface area contributed by atoms with Gasteiger partial charge < -0.3 is 14.8 Å². The quantitative estimate of drug-likeness (QED) is 0.663. The van der Waals surface area contributed by atoms with E-state index in [-0.39, 0.29) is 37.5 Å². The van der Waals surface area contributed by atoms with Gasteiger partial charge in [-0.05, 0) is 43.9 Å². The SMILES string of the molecule is O=C(c1ccc(F)c(C(F)(F)F)c1)N1CCC(=O)N2CCCC2C1.O=c1cnc(C2CC2)c[nH]1.[HH]. The van der Waals surface area contributed by atoms with Crippen LogP contribution in [0.25, 0.3) is 0 Å². The van der Waals surface area contributed by atoms with E-state index in [0.717, 1.165) is 24.6 Å². The molecular weight excluding hydrogens is 456 g/mol. The molecular formula is C23H26F4N4O3. The Morgan fingerprint density at radius 3 is 2.56 bits per heavy atom. The average Bonchev–Trinajstić information content (AvgIpc) is 3.56. The highest BCUT2D eigenvalue weighted by Gasteiger charge is 2.37. The smallest absolute Gasteiger partial charge is 0.338 e. The number of H-pyrrole nitrogens is 1. The van der Waals surface area contributed by atoms with E-state index < -0.39 is 23.5 Å². The lowest BCUT2D eigenvalue weighted by molar-refractivity contribution is -0.140. The Hall–Kier alpha value is -3.24. The predicted molar refractivity (Wildman–Crippen MR) is 116 cm³/mol. The van der Waals surface area contributed by atoms with Gasteiger partial charge in [0.05, 0.1) is 17.5 Å². The Balaban J connectivity index is 0.000000259. The van der Waals surface area contributed by atoms with Crippen molar-refractivity contribution < 1.29 is 28.6 Å². The molecule has 11 heteroatoms. The second-order valence-corrected chi connectivity index (χ2v) is 8.69. The zero-order valence-corrected chi connectivity index (χ0v) is 18.3. The van der Waals surface area contributed by atoms with Crippen molar-refractivity contribution in [1.82, 2.24) is 19.8 Å². The normalized spacial score (nSPS) is 20.4. The first-order chi connectivity index (χ1) is 16.1. The van der Waals surface area contributed by atoms with E-state index in [1.54, 1.807) is 11.1 Å². The Bertz CT molecular complexity index is 1120. The molecule has 2 aliphatic heterocycles. The molecule has 1 saturated carbocycles. The molecule has 1 aromatic heterocycles. The number of nitrogens with one attached hydrogen (secondary N) is 1. The summed E-state index contributed by atoms with van der Waals surface area (Å²) < 4.78 is 51.8. The van der Waals surface area contributed by atoms with Crippen molar-refractivity contribution in [3.8, 4) is 0 Å². The van der Waals surface area contributed by atoms with Gasteiger partial charge >= 0.3 is 6.18 Å². The summed E-state index contributed by atoms with van der Waals surface area (Å²) in [5.74, 6) is -1.44. The van der Waals surface area contributed by atoms with Crippen LogP contribution < -0.4 is 5.56 Å². The summed E-state index contributed by atoms with van der Waals surface area (Å²) in [4.78, 5) is 44.8. The standard InChI is InChI=1S/C16H16F4N2O2.C7H8N2O.H2/c17-13-4-3-10(8-12(13)16(18,19)20)15(24)21-7-5-14(23)22-6-1-2-11(22)9-21;10-7-4-8-6(3-9-7)5-1-2-5;/h3-4,8,11H,1-2,5-7,9H2;3-5H,1-2H2,(H,9,10);1H. The molecule has 1 aromatic carbocycles. The van der Waals surface area contributed by atoms with Gasteiger partial charge in [-0.2, -0.15) is 13.2 Å². The Morgan fingerprint density at radius 2 is 1.91 bits per heavy atom. The molecule has 0 bridgehead atoms. The average molecular weight is 482 g/mol. The van der Waals surface area contributed by atoms with Crippen molar-refractivity contribution in [2.45, 2.75) is 50.2 Å². The van der Waals surface area contributed by atoms with Crippen molar-refractivity contribution in [3.63, 3.8) is 0 Å². The van der Waals surface area contributed by atoms with Crippen LogP contribution >= 0.6 is 0 Å². The summed E-state index contributed by atoms with van der Waals surface area (Å²) >= 11 is 0. The number of amides is 2. The number of carbonyl (C=O) groups excluding carboxylic acids is 2. The Morgan fingerprint density at radius 1 is 1.15 bits per heavy atom. The van der Waals surface area contributed by atoms with Crippen LogP contribution in [-0.2, 0) is 11.0 Å². The zero-order chi connectivity index (χ0) is 24.5. The van der Waals surface area contributed by atoms with E-state index in [1.165, 1.54) is 23.9 Å². The van der Waals surface area contributed by atoms with Crippen LogP contribution in [0, 0.1) is 5.82 Å². The largest absolute Gasteiger partial charge is 0.419 e. The lowest BCUT2D eigenvalue weighted by Gasteiger charge is -2.26. The third-order valence-electron chi connectivity index (χ3n) is 6.22. The molecule has 2 amide bonds. The first-order valence-corrected chi connectivity index (χ1v) is 11.1. The van der Waals surface area contributed by atoms with Crippen LogP contribution in [0.2, 0.25) is 0 Å². The summed E-state index contributed by atoms with van der Waals surface area (Å²) in [5, 5.41) is 0. The van der Waals surface area contributed by atoms with E-state index in [4.69, 9.17) is 0 Å². The molecule has 3 fully saturated rings. The van der Waals surface area contributed by atoms with Crippen LogP contribution in [0.15, 0.2) is 35.4 Å². The molecule has 3 aliphatic rings. The second kappa shape index (κ2) is 9.55. The highest BCUT2D eigenvalue weighted by atomic mass is 19.4. The fourth-order valence-electron chi connectivity index (χ4n) is 4.27. The summed E-state index contributed by atoms with van der Waals surface area (Å²) in [7, 11) is 0. The molecule has 7 nitrogen and oxygen atoms in total. The van der Waals surface area contributed by atoms with Crippen LogP contribution in [0.5, 0.6) is 0 Å². The maximum Gasteiger partial charge on any atom is 0.419 e. The van der Waals surface area contributed by atoms with Gasteiger partial charge in [0.15, 0.2) is 0 Å². The molecule has 34 heavy (non-hydrogen) atoms. The van der Waals surface area contributed by atoms with Crippen molar-refractivity contribution >= 4 is 11.8 Å². The van der Waals surface area contributed by atoms with Crippen molar-refractivity contribution in [2.75, 3.05) is 19.6 Å². The summed E-state index contributed by atoms with van der Waals surface area (Å²) in [6.45, 7) is 1.10. The van der Waals surface area contributed by atoms with Crippen molar-refractivity contribution in [1.29, 1.82) is 0 Å². The number of fused-ring (bicyclic) bond motifs is 1. The van der Waals surface area contributed by atoms with Crippen molar-refractivity contribution in [3.05, 3.63) is 63.6 Å². The molecule has 0 spiro atoms. The second-order valence-electron chi connectivity index (χ2n) is 8.69. The number of aromatic amines is 1. The molecule has 2 aromatic rings. The lowest BCUT2D eigenvalue weighted by Crippen LogP contribution is -2.40. The maximum absolute atomic E-state index is 13.4. The number of rotatable bonds is 2. The summed E-state index contributed by atoms with van der Waals surface area (Å²) in [5.41, 5.74) is -0.770. The molecule has 2 saturated heterocycles. The Kier molecular flexibility index (Phi) is 6.72. The van der Waals surface area contributed by atoms with Gasteiger partial charge in [-0.1, -0.05) is 0 Å². The van der Waals surface area contributed by atoms with Gasteiger partial charge in [0.2, 0.25) is 5.91 Å². The summed E-state index contributed by atoms with van der Waals surface area (Å²) in [6.07, 6.45) is 2.40. The van der Waals surface area contributed by atoms with Gasteiger partial charge in [0.1, 0.15) is 5.82 Å². The maximum atomic E-state index is 13.4. The highest BCUT2D eigenvalue weighted by Crippen LogP contribution is 2.38. The van der Waals surface area contributed by atoms with Crippen LogP contribution in [0.4, 0.5) is 17.6 Å². The topological polar surface area (TPSA) is 86.4 Å². The van der Waals surface area contributed by atoms with Crippen molar-refractivity contribution in [2.24, 2.45) is 0 Å². The number of halogens is 4. The number of nitrogens with zero attached hydrogens (tertiary/aromatic N) is 3. The molecule has 5 rings (SSSR count). The third kappa shape index (κ3) is 5.45. The number of aromatic nitrogens is 2. The molecule has 1 N–H and O–H groups in total. The van der Waals surface area contributed by atoms with Gasteiger partial charge in [-0.25, -0.2) is 4.39 Å². The molecule has 1 unspecified atom stereocenters. The highest BCUT2D eigenvalue weighted by molar-refractivity contribution is 5.95. The lowest BCUT2D eigenvalue weighted by atomic mass is 10.1. The minimum absolute atomic E-state index is 0. The number of hydrogen-bond acceptors (Lipinski definition) is 4. The van der Waals surface area contributed by atoms with E-state index in [2.05, 4.69) is 9.97 Å². The van der Waals surface area contributed by atoms with E-state index in [0.29, 0.717) is 31.1 Å². The monoisotopic (exact) mass is 482 g/mol. The van der Waals surface area contributed by atoms with Crippen LogP contribution in [0.1, 0.15) is 61.1 Å². The molecule has 1 aliphatic carbocycles. The van der Waals surface area contributed by atoms with Gasteiger partial charge in [-0.3, -0.25) is 19.4 Å². The van der Waals surface area contributed by atoms with E-state index in [9.17, 15) is 31.9 Å². The van der Waals surface area contributed by atoms with Gasteiger partial charge in [-0.15, -0.1) is 0 Å². The van der Waals surface area contributed by atoms with Crippen LogP contribution in [-0.4, -0.2) is 57.3 Å². The minimum atomic E-state index is -4.86.